The highest BCUT2D eigenvalue weighted by atomic mass is 35.5. The Morgan fingerprint density at radius 3 is 2.47 bits per heavy atom. The molecule has 0 amide bonds. The lowest BCUT2D eigenvalue weighted by Crippen LogP contribution is -2.49. The molecule has 0 atom stereocenters. The molecule has 0 radical (unpaired) electrons. The third-order valence-corrected chi connectivity index (χ3v) is 10.8. The fourth-order valence-electron chi connectivity index (χ4n) is 5.11. The Hall–Kier alpha value is -2.92. The molecule has 3 heterocycles. The minimum absolute atomic E-state index is 0.0220. The van der Waals surface area contributed by atoms with Crippen LogP contribution in [0.5, 0.6) is 5.75 Å². The van der Waals surface area contributed by atoms with E-state index in [1.54, 1.807) is 36.5 Å². The van der Waals surface area contributed by atoms with Crippen molar-refractivity contribution < 1.29 is 13.2 Å². The van der Waals surface area contributed by atoms with Gasteiger partial charge in [0, 0.05) is 35.9 Å². The van der Waals surface area contributed by atoms with E-state index in [-0.39, 0.29) is 17.4 Å². The maximum absolute atomic E-state index is 13.6. The van der Waals surface area contributed by atoms with Gasteiger partial charge in [-0.25, -0.2) is 8.42 Å². The molecule has 2 aromatic heterocycles. The highest BCUT2D eigenvalue weighted by Gasteiger charge is 2.32. The number of fused-ring (bicyclic) bond motifs is 1. The third kappa shape index (κ3) is 4.82. The van der Waals surface area contributed by atoms with Crippen LogP contribution in [0.2, 0.25) is 5.02 Å². The zero-order valence-electron chi connectivity index (χ0n) is 20.6. The first-order valence-electron chi connectivity index (χ1n) is 12.7. The number of sulfonamides is 1. The van der Waals surface area contributed by atoms with Crippen molar-refractivity contribution in [3.63, 3.8) is 0 Å². The summed E-state index contributed by atoms with van der Waals surface area (Å²) < 4.78 is 37.2. The Balaban J connectivity index is 1.27. The largest absolute Gasteiger partial charge is 0.483 e. The monoisotopic (exact) mass is 570 g/mol. The van der Waals surface area contributed by atoms with Crippen molar-refractivity contribution in [1.82, 2.24) is 14.1 Å². The third-order valence-electron chi connectivity index (χ3n) is 7.13. The molecule has 1 aliphatic heterocycles. The van der Waals surface area contributed by atoms with Gasteiger partial charge in [-0.2, -0.15) is 14.1 Å². The number of halogens is 1. The van der Waals surface area contributed by atoms with Crippen LogP contribution in [0, 0.1) is 0 Å². The highest BCUT2D eigenvalue weighted by Crippen LogP contribution is 2.33. The van der Waals surface area contributed by atoms with Crippen LogP contribution in [0.15, 0.2) is 69.8 Å². The lowest BCUT2D eigenvalue weighted by atomic mass is 10.2. The first-order chi connectivity index (χ1) is 18.4. The van der Waals surface area contributed by atoms with Crippen LogP contribution in [-0.2, 0) is 10.0 Å². The molecule has 2 aliphatic rings. The molecule has 2 fully saturated rings. The number of rotatable bonds is 6. The summed E-state index contributed by atoms with van der Waals surface area (Å²) in [6.45, 7) is 1.45. The number of aromatic nitrogens is 2. The van der Waals surface area contributed by atoms with Gasteiger partial charge in [0.25, 0.3) is 10.0 Å². The molecule has 11 heteroatoms. The highest BCUT2D eigenvalue weighted by molar-refractivity contribution is 7.91. The Kier molecular flexibility index (Phi) is 6.90. The summed E-state index contributed by atoms with van der Waals surface area (Å²) in [5.41, 5.74) is 0.806. The van der Waals surface area contributed by atoms with Crippen LogP contribution in [0.1, 0.15) is 25.7 Å². The maximum Gasteiger partial charge on any atom is 0.316 e. The van der Waals surface area contributed by atoms with Crippen molar-refractivity contribution in [2.45, 2.75) is 36.0 Å². The molecule has 0 unspecified atom stereocenters. The number of anilines is 1. The van der Waals surface area contributed by atoms with E-state index in [2.05, 4.69) is 5.10 Å². The number of ether oxygens (including phenoxy) is 1. The van der Waals surface area contributed by atoms with Crippen molar-refractivity contribution in [2.24, 2.45) is 0 Å². The fraction of sp³-hybridized carbons (Fsp3) is 0.333. The van der Waals surface area contributed by atoms with Crippen LogP contribution in [0.3, 0.4) is 0 Å². The normalized spacial score (nSPS) is 17.3. The van der Waals surface area contributed by atoms with Gasteiger partial charge >= 0.3 is 5.56 Å². The summed E-state index contributed by atoms with van der Waals surface area (Å²) in [5.74, 6) is 0.257. The van der Waals surface area contributed by atoms with Crippen LogP contribution < -0.4 is 15.2 Å². The zero-order valence-corrected chi connectivity index (χ0v) is 23.0. The first kappa shape index (κ1) is 25.4. The standard InChI is InChI=1S/C27H27ClN4O4S2/c28-20-7-5-8-21(17-20)32-27(33)26(36-22-9-2-3-10-22)23(18-29-32)30-12-14-31(15-13-30)38(34,35)25-16-19-6-1-4-11-24(19)37-25/h1,4-8,11,16-18,22H,2-3,9-10,12-15H2. The van der Waals surface area contributed by atoms with Gasteiger partial charge in [-0.15, -0.1) is 11.3 Å². The minimum atomic E-state index is -3.61. The van der Waals surface area contributed by atoms with Gasteiger partial charge in [0.15, 0.2) is 0 Å². The number of nitrogens with zero attached hydrogens (tertiary/aromatic N) is 4. The lowest BCUT2D eigenvalue weighted by molar-refractivity contribution is 0.205. The van der Waals surface area contributed by atoms with Crippen LogP contribution in [-0.4, -0.2) is 54.8 Å². The second-order valence-electron chi connectivity index (χ2n) is 9.57. The van der Waals surface area contributed by atoms with E-state index in [9.17, 15) is 13.2 Å². The van der Waals surface area contributed by atoms with E-state index in [4.69, 9.17) is 16.3 Å². The molecule has 1 saturated heterocycles. The SMILES string of the molecule is O=c1c(OC2CCCC2)c(N2CCN(S(=O)(=O)c3cc4ccccc4s3)CC2)cnn1-c1cccc(Cl)c1. The summed E-state index contributed by atoms with van der Waals surface area (Å²) in [4.78, 5) is 15.6. The quantitative estimate of drug-likeness (QED) is 0.327. The van der Waals surface area contributed by atoms with E-state index in [0.29, 0.717) is 46.8 Å². The molecular formula is C27H27ClN4O4S2. The Bertz CT molecular complexity index is 1610. The molecule has 198 valence electrons. The number of thiophene rings is 1. The smallest absolute Gasteiger partial charge is 0.316 e. The van der Waals surface area contributed by atoms with E-state index >= 15 is 0 Å². The summed E-state index contributed by atoms with van der Waals surface area (Å²) in [5, 5.41) is 5.87. The zero-order chi connectivity index (χ0) is 26.3. The number of piperazine rings is 1. The van der Waals surface area contributed by atoms with Gasteiger partial charge < -0.3 is 9.64 Å². The van der Waals surface area contributed by atoms with Gasteiger partial charge in [0.2, 0.25) is 5.75 Å². The Morgan fingerprint density at radius 2 is 1.74 bits per heavy atom. The van der Waals surface area contributed by atoms with E-state index in [1.165, 1.54) is 20.3 Å². The van der Waals surface area contributed by atoms with Gasteiger partial charge in [-0.3, -0.25) is 4.79 Å². The molecule has 0 N–H and O–H groups in total. The van der Waals surface area contributed by atoms with E-state index in [1.807, 2.05) is 29.2 Å². The maximum atomic E-state index is 13.6. The predicted molar refractivity (Wildman–Crippen MR) is 151 cm³/mol. The molecule has 0 spiro atoms. The molecule has 1 aliphatic carbocycles. The summed E-state index contributed by atoms with van der Waals surface area (Å²) >= 11 is 7.45. The van der Waals surface area contributed by atoms with Crippen LogP contribution >= 0.6 is 22.9 Å². The van der Waals surface area contributed by atoms with E-state index in [0.717, 1.165) is 35.8 Å². The summed E-state index contributed by atoms with van der Waals surface area (Å²) in [7, 11) is -3.61. The van der Waals surface area contributed by atoms with Gasteiger partial charge in [0.05, 0.1) is 18.0 Å². The summed E-state index contributed by atoms with van der Waals surface area (Å²) in [6, 6.07) is 16.4. The first-order valence-corrected chi connectivity index (χ1v) is 15.3. The fourth-order valence-corrected chi connectivity index (χ4v) is 8.27. The number of hydrogen-bond donors (Lipinski definition) is 0. The van der Waals surface area contributed by atoms with Crippen molar-refractivity contribution in [1.29, 1.82) is 0 Å². The van der Waals surface area contributed by atoms with Crippen LogP contribution in [0.25, 0.3) is 15.8 Å². The molecule has 8 nitrogen and oxygen atoms in total. The lowest BCUT2D eigenvalue weighted by Gasteiger charge is -2.35. The molecule has 1 saturated carbocycles. The van der Waals surface area contributed by atoms with Gasteiger partial charge in [-0.05, 0) is 61.4 Å². The Morgan fingerprint density at radius 1 is 0.974 bits per heavy atom. The minimum Gasteiger partial charge on any atom is -0.483 e. The van der Waals surface area contributed by atoms with Crippen LogP contribution in [0.4, 0.5) is 5.69 Å². The van der Waals surface area contributed by atoms with Crippen molar-refractivity contribution in [2.75, 3.05) is 31.1 Å². The van der Waals surface area contributed by atoms with Crippen molar-refractivity contribution >= 4 is 48.7 Å². The van der Waals surface area contributed by atoms with Gasteiger partial charge in [0.1, 0.15) is 9.90 Å². The molecule has 6 rings (SSSR count). The molecule has 0 bridgehead atoms. The second kappa shape index (κ2) is 10.3. The van der Waals surface area contributed by atoms with Gasteiger partial charge in [-0.1, -0.05) is 35.9 Å². The Labute approximate surface area is 230 Å². The molecule has 2 aromatic carbocycles. The summed E-state index contributed by atoms with van der Waals surface area (Å²) in [6.07, 6.45) is 5.57. The van der Waals surface area contributed by atoms with Crippen molar-refractivity contribution in [3.05, 3.63) is 76.2 Å². The topological polar surface area (TPSA) is 84.7 Å². The number of hydrogen-bond acceptors (Lipinski definition) is 7. The van der Waals surface area contributed by atoms with E-state index < -0.39 is 10.0 Å². The molecular weight excluding hydrogens is 544 g/mol. The average Bonchev–Trinajstić information content (AvgIpc) is 3.60. The molecule has 4 aromatic rings. The predicted octanol–water partition coefficient (Wildman–Crippen LogP) is 4.93. The van der Waals surface area contributed by atoms with Crippen molar-refractivity contribution in [3.8, 4) is 11.4 Å². The second-order valence-corrected chi connectivity index (χ2v) is 13.3. The average molecular weight is 571 g/mol. The number of benzene rings is 2. The molecule has 38 heavy (non-hydrogen) atoms.